The highest BCUT2D eigenvalue weighted by molar-refractivity contribution is 5.64. The quantitative estimate of drug-likeness (QED) is 0.642. The summed E-state index contributed by atoms with van der Waals surface area (Å²) in [5, 5.41) is 0. The molecule has 1 saturated carbocycles. The van der Waals surface area contributed by atoms with Gasteiger partial charge in [0.15, 0.2) is 0 Å². The first-order valence-electron chi connectivity index (χ1n) is 8.73. The van der Waals surface area contributed by atoms with Crippen LogP contribution in [0, 0.1) is 5.82 Å². The lowest BCUT2D eigenvalue weighted by molar-refractivity contribution is -0.130. The summed E-state index contributed by atoms with van der Waals surface area (Å²) in [7, 11) is 1.65. The Hall–Kier alpha value is -2.41. The minimum atomic E-state index is -2.89. The topological polar surface area (TPSA) is 42.4 Å². The molecule has 0 atom stereocenters. The van der Waals surface area contributed by atoms with E-state index in [1.54, 1.807) is 24.3 Å². The fourth-order valence-corrected chi connectivity index (χ4v) is 3.36. The van der Waals surface area contributed by atoms with Crippen molar-refractivity contribution in [2.24, 2.45) is 0 Å². The fourth-order valence-electron chi connectivity index (χ4n) is 3.36. The number of methoxy groups -OCH3 is 1. The molecular formula is C20H21F3N2O2. The second kappa shape index (κ2) is 8.08. The molecule has 2 aromatic rings. The molecule has 3 rings (SSSR count). The molecule has 1 aromatic heterocycles. The van der Waals surface area contributed by atoms with Crippen molar-refractivity contribution in [3.05, 3.63) is 53.6 Å². The van der Waals surface area contributed by atoms with Crippen LogP contribution in [0.5, 0.6) is 0 Å². The number of ether oxygens (including phenoxy) is 1. The molecule has 1 amide bonds. The third-order valence-corrected chi connectivity index (χ3v) is 5.08. The number of alkyl halides is 2. The molecule has 1 fully saturated rings. The Labute approximate surface area is 156 Å². The third-order valence-electron chi connectivity index (χ3n) is 5.08. The summed E-state index contributed by atoms with van der Waals surface area (Å²) in [6.07, 6.45) is 3.94. The van der Waals surface area contributed by atoms with Crippen molar-refractivity contribution in [1.29, 1.82) is 0 Å². The van der Waals surface area contributed by atoms with E-state index in [0.29, 0.717) is 24.2 Å². The SMILES string of the molecule is COC1(CN(C=O)Cc2cncc(-c3ccc(F)c(C(F)F)c3)c2)CCC1. The lowest BCUT2D eigenvalue weighted by Gasteiger charge is -2.42. The fraction of sp³-hybridized carbons (Fsp3) is 0.400. The van der Waals surface area contributed by atoms with Gasteiger partial charge in [0.25, 0.3) is 6.43 Å². The predicted octanol–water partition coefficient (Wildman–Crippen LogP) is 4.35. The average molecular weight is 378 g/mol. The Morgan fingerprint density at radius 3 is 2.63 bits per heavy atom. The van der Waals surface area contributed by atoms with Crippen molar-refractivity contribution in [1.82, 2.24) is 9.88 Å². The van der Waals surface area contributed by atoms with Gasteiger partial charge in [-0.15, -0.1) is 0 Å². The molecule has 7 heteroatoms. The Morgan fingerprint density at radius 2 is 2.04 bits per heavy atom. The molecule has 1 heterocycles. The number of carbonyl (C=O) groups excluding carboxylic acids is 1. The van der Waals surface area contributed by atoms with E-state index in [0.717, 1.165) is 43.4 Å². The summed E-state index contributed by atoms with van der Waals surface area (Å²) in [4.78, 5) is 17.2. The smallest absolute Gasteiger partial charge is 0.266 e. The van der Waals surface area contributed by atoms with Crippen LogP contribution in [-0.4, -0.2) is 35.5 Å². The van der Waals surface area contributed by atoms with E-state index >= 15 is 0 Å². The molecule has 0 aliphatic heterocycles. The van der Waals surface area contributed by atoms with Gasteiger partial charge in [-0.25, -0.2) is 13.2 Å². The van der Waals surface area contributed by atoms with Gasteiger partial charge < -0.3 is 9.64 Å². The van der Waals surface area contributed by atoms with E-state index < -0.39 is 17.8 Å². The van der Waals surface area contributed by atoms with Crippen LogP contribution in [0.25, 0.3) is 11.1 Å². The van der Waals surface area contributed by atoms with Gasteiger partial charge in [-0.3, -0.25) is 9.78 Å². The minimum Gasteiger partial charge on any atom is -0.376 e. The molecule has 0 saturated heterocycles. The molecule has 0 unspecified atom stereocenters. The van der Waals surface area contributed by atoms with Crippen LogP contribution in [0.15, 0.2) is 36.7 Å². The standard InChI is InChI=1S/C20H21F3N2O2/c1-27-20(5-2-6-20)12-25(13-26)11-14-7-16(10-24-9-14)15-3-4-18(21)17(8-15)19(22)23/h3-4,7-10,13,19H,2,5-6,11-12H2,1H3. The monoisotopic (exact) mass is 378 g/mol. The van der Waals surface area contributed by atoms with Gasteiger partial charge >= 0.3 is 0 Å². The number of halogens is 3. The number of amides is 1. The summed E-state index contributed by atoms with van der Waals surface area (Å²) < 4.78 is 44.9. The zero-order valence-corrected chi connectivity index (χ0v) is 15.0. The van der Waals surface area contributed by atoms with E-state index in [1.807, 2.05) is 0 Å². The maximum Gasteiger partial charge on any atom is 0.266 e. The highest BCUT2D eigenvalue weighted by Crippen LogP contribution is 2.36. The zero-order valence-electron chi connectivity index (χ0n) is 15.0. The Bertz CT molecular complexity index is 804. The van der Waals surface area contributed by atoms with E-state index in [1.165, 1.54) is 12.3 Å². The van der Waals surface area contributed by atoms with Crippen molar-refractivity contribution < 1.29 is 22.7 Å². The second-order valence-corrected chi connectivity index (χ2v) is 6.87. The molecule has 0 radical (unpaired) electrons. The molecule has 4 nitrogen and oxygen atoms in total. The van der Waals surface area contributed by atoms with Crippen LogP contribution < -0.4 is 0 Å². The molecule has 1 aromatic carbocycles. The maximum atomic E-state index is 13.5. The highest BCUT2D eigenvalue weighted by Gasteiger charge is 2.38. The number of pyridine rings is 1. The van der Waals surface area contributed by atoms with Gasteiger partial charge in [0.05, 0.1) is 11.2 Å². The van der Waals surface area contributed by atoms with Crippen LogP contribution in [-0.2, 0) is 16.1 Å². The van der Waals surface area contributed by atoms with Crippen LogP contribution in [0.4, 0.5) is 13.2 Å². The molecular weight excluding hydrogens is 357 g/mol. The molecule has 144 valence electrons. The molecule has 1 aliphatic carbocycles. The number of aromatic nitrogens is 1. The van der Waals surface area contributed by atoms with E-state index in [4.69, 9.17) is 4.74 Å². The summed E-state index contributed by atoms with van der Waals surface area (Å²) in [5.74, 6) is -0.935. The average Bonchev–Trinajstić information content (AvgIpc) is 2.64. The number of hydrogen-bond acceptors (Lipinski definition) is 3. The van der Waals surface area contributed by atoms with E-state index in [-0.39, 0.29) is 5.60 Å². The zero-order chi connectivity index (χ0) is 19.4. The lowest BCUT2D eigenvalue weighted by atomic mass is 9.79. The molecule has 0 spiro atoms. The van der Waals surface area contributed by atoms with Crippen molar-refractivity contribution in [2.45, 2.75) is 37.8 Å². The predicted molar refractivity (Wildman–Crippen MR) is 94.7 cm³/mol. The van der Waals surface area contributed by atoms with Gasteiger partial charge in [0.2, 0.25) is 6.41 Å². The van der Waals surface area contributed by atoms with Crippen LogP contribution in [0.3, 0.4) is 0 Å². The first-order valence-corrected chi connectivity index (χ1v) is 8.73. The molecule has 1 aliphatic rings. The van der Waals surface area contributed by atoms with Crippen LogP contribution >= 0.6 is 0 Å². The summed E-state index contributed by atoms with van der Waals surface area (Å²) in [6.45, 7) is 0.821. The van der Waals surface area contributed by atoms with E-state index in [9.17, 15) is 18.0 Å². The molecule has 0 bridgehead atoms. The summed E-state index contributed by atoms with van der Waals surface area (Å²) in [6, 6.07) is 5.37. The normalized spacial score (nSPS) is 15.4. The first-order chi connectivity index (χ1) is 13.0. The highest BCUT2D eigenvalue weighted by atomic mass is 19.3. The third kappa shape index (κ3) is 4.30. The number of nitrogens with zero attached hydrogens (tertiary/aromatic N) is 2. The number of hydrogen-bond donors (Lipinski definition) is 0. The Kier molecular flexibility index (Phi) is 5.79. The van der Waals surface area contributed by atoms with E-state index in [2.05, 4.69) is 4.98 Å². The van der Waals surface area contributed by atoms with Crippen LogP contribution in [0.1, 0.15) is 36.8 Å². The van der Waals surface area contributed by atoms with Crippen molar-refractivity contribution in [3.63, 3.8) is 0 Å². The Morgan fingerprint density at radius 1 is 1.26 bits per heavy atom. The van der Waals surface area contributed by atoms with Gasteiger partial charge in [0, 0.05) is 38.2 Å². The maximum absolute atomic E-state index is 13.5. The van der Waals surface area contributed by atoms with Gasteiger partial charge in [-0.05, 0) is 48.6 Å². The first kappa shape index (κ1) is 19.4. The second-order valence-electron chi connectivity index (χ2n) is 6.87. The summed E-state index contributed by atoms with van der Waals surface area (Å²) >= 11 is 0. The van der Waals surface area contributed by atoms with Gasteiger partial charge in [-0.2, -0.15) is 0 Å². The molecule has 0 N–H and O–H groups in total. The minimum absolute atomic E-state index is 0.283. The number of carbonyl (C=O) groups is 1. The van der Waals surface area contributed by atoms with Crippen molar-refractivity contribution in [3.8, 4) is 11.1 Å². The lowest BCUT2D eigenvalue weighted by Crippen LogP contribution is -2.49. The molecule has 27 heavy (non-hydrogen) atoms. The number of benzene rings is 1. The van der Waals surface area contributed by atoms with Gasteiger partial charge in [-0.1, -0.05) is 6.07 Å². The Balaban J connectivity index is 1.79. The largest absolute Gasteiger partial charge is 0.376 e. The number of rotatable bonds is 8. The van der Waals surface area contributed by atoms with Gasteiger partial charge in [0.1, 0.15) is 5.82 Å². The summed E-state index contributed by atoms with van der Waals surface area (Å²) in [5.41, 5.74) is 0.874. The van der Waals surface area contributed by atoms with Crippen LogP contribution in [0.2, 0.25) is 0 Å². The van der Waals surface area contributed by atoms with Crippen molar-refractivity contribution >= 4 is 6.41 Å². The van der Waals surface area contributed by atoms with Crippen molar-refractivity contribution in [2.75, 3.05) is 13.7 Å².